The average Bonchev–Trinajstić information content (AvgIpc) is 2.30. The summed E-state index contributed by atoms with van der Waals surface area (Å²) in [5, 5.41) is 8.79. The number of carboxylic acid groups (broad SMARTS) is 1. The molecule has 0 spiro atoms. The molecule has 0 saturated heterocycles. The van der Waals surface area contributed by atoms with Gasteiger partial charge in [0.15, 0.2) is 0 Å². The maximum absolute atomic E-state index is 12.2. The predicted molar refractivity (Wildman–Crippen MR) is 72.6 cm³/mol. The Morgan fingerprint density at radius 1 is 1.50 bits per heavy atom. The van der Waals surface area contributed by atoms with Crippen molar-refractivity contribution in [1.82, 2.24) is 4.90 Å². The van der Waals surface area contributed by atoms with E-state index >= 15 is 0 Å². The summed E-state index contributed by atoms with van der Waals surface area (Å²) >= 11 is 3.30. The molecule has 1 rings (SSSR count). The van der Waals surface area contributed by atoms with Crippen molar-refractivity contribution in [3.63, 3.8) is 0 Å². The Hall–Kier alpha value is -1.62. The molecule has 0 fully saturated rings. The predicted octanol–water partition coefficient (Wildman–Crippen LogP) is 2.47. The lowest BCUT2D eigenvalue weighted by atomic mass is 10.1. The largest absolute Gasteiger partial charge is 0.480 e. The van der Waals surface area contributed by atoms with Crippen molar-refractivity contribution >= 4 is 27.8 Å². The molecule has 0 aromatic heterocycles. The van der Waals surface area contributed by atoms with Crippen LogP contribution in [0.5, 0.6) is 0 Å². The third-order valence-electron chi connectivity index (χ3n) is 2.39. The van der Waals surface area contributed by atoms with Gasteiger partial charge in [-0.2, -0.15) is 0 Å². The number of carbonyl (C=O) groups excluding carboxylic acids is 1. The van der Waals surface area contributed by atoms with Crippen LogP contribution in [0.1, 0.15) is 15.9 Å². The van der Waals surface area contributed by atoms with Crippen LogP contribution in [-0.2, 0) is 4.79 Å². The highest BCUT2D eigenvalue weighted by Gasteiger charge is 2.19. The molecule has 1 amide bonds. The van der Waals surface area contributed by atoms with Gasteiger partial charge in [0.05, 0.1) is 0 Å². The van der Waals surface area contributed by atoms with E-state index in [2.05, 4.69) is 22.5 Å². The minimum absolute atomic E-state index is 0.205. The summed E-state index contributed by atoms with van der Waals surface area (Å²) in [4.78, 5) is 24.2. The van der Waals surface area contributed by atoms with Crippen molar-refractivity contribution in [2.75, 3.05) is 13.1 Å². The van der Waals surface area contributed by atoms with Crippen LogP contribution in [0.4, 0.5) is 0 Å². The highest BCUT2D eigenvalue weighted by atomic mass is 79.9. The molecular formula is C13H14BrNO3. The highest BCUT2D eigenvalue weighted by Crippen LogP contribution is 2.17. The molecule has 4 nitrogen and oxygen atoms in total. The van der Waals surface area contributed by atoms with E-state index < -0.39 is 5.97 Å². The molecule has 1 aromatic rings. The molecule has 1 N–H and O–H groups in total. The van der Waals surface area contributed by atoms with Crippen molar-refractivity contribution in [3.8, 4) is 0 Å². The zero-order valence-electron chi connectivity index (χ0n) is 10.0. The topological polar surface area (TPSA) is 57.6 Å². The number of benzene rings is 1. The van der Waals surface area contributed by atoms with Gasteiger partial charge >= 0.3 is 5.97 Å². The van der Waals surface area contributed by atoms with Crippen LogP contribution < -0.4 is 0 Å². The number of carboxylic acids is 1. The number of hydrogen-bond acceptors (Lipinski definition) is 2. The summed E-state index contributed by atoms with van der Waals surface area (Å²) in [7, 11) is 0. The minimum atomic E-state index is -1.04. The quantitative estimate of drug-likeness (QED) is 0.850. The van der Waals surface area contributed by atoms with Crippen LogP contribution in [0.3, 0.4) is 0 Å². The lowest BCUT2D eigenvalue weighted by Gasteiger charge is -2.20. The minimum Gasteiger partial charge on any atom is -0.480 e. The summed E-state index contributed by atoms with van der Waals surface area (Å²) in [6.45, 7) is 5.21. The Bertz CT molecular complexity index is 485. The fourth-order valence-corrected chi connectivity index (χ4v) is 1.89. The van der Waals surface area contributed by atoms with Gasteiger partial charge in [0.25, 0.3) is 5.91 Å². The first kappa shape index (κ1) is 14.4. The molecule has 0 radical (unpaired) electrons. The summed E-state index contributed by atoms with van der Waals surface area (Å²) in [5.74, 6) is -1.35. The molecule has 18 heavy (non-hydrogen) atoms. The molecule has 0 aliphatic rings. The molecule has 0 saturated carbocycles. The van der Waals surface area contributed by atoms with Crippen LogP contribution in [-0.4, -0.2) is 35.0 Å². The van der Waals surface area contributed by atoms with E-state index in [1.807, 2.05) is 19.1 Å². The molecule has 0 bridgehead atoms. The number of amides is 1. The molecule has 5 heteroatoms. The number of rotatable bonds is 5. The second kappa shape index (κ2) is 6.35. The molecule has 0 unspecified atom stereocenters. The Kier molecular flexibility index (Phi) is 5.09. The van der Waals surface area contributed by atoms with Gasteiger partial charge in [-0.15, -0.1) is 6.58 Å². The first-order valence-corrected chi connectivity index (χ1v) is 6.13. The van der Waals surface area contributed by atoms with Gasteiger partial charge in [-0.1, -0.05) is 28.1 Å². The Labute approximate surface area is 114 Å². The van der Waals surface area contributed by atoms with Crippen LogP contribution in [0.15, 0.2) is 35.3 Å². The summed E-state index contributed by atoms with van der Waals surface area (Å²) < 4.78 is 0.783. The third kappa shape index (κ3) is 3.70. The molecule has 0 aliphatic carbocycles. The van der Waals surface area contributed by atoms with E-state index in [9.17, 15) is 9.59 Å². The number of nitrogens with zero attached hydrogens (tertiary/aromatic N) is 1. The van der Waals surface area contributed by atoms with Crippen molar-refractivity contribution in [2.24, 2.45) is 0 Å². The molecule has 0 aliphatic heterocycles. The number of aryl methyl sites for hydroxylation is 1. The van der Waals surface area contributed by atoms with Crippen molar-refractivity contribution < 1.29 is 14.7 Å². The number of aliphatic carboxylic acids is 1. The monoisotopic (exact) mass is 311 g/mol. The zero-order chi connectivity index (χ0) is 13.7. The lowest BCUT2D eigenvalue weighted by Crippen LogP contribution is -2.36. The first-order chi connectivity index (χ1) is 8.45. The van der Waals surface area contributed by atoms with Gasteiger partial charge in [-0.05, 0) is 24.6 Å². The number of carbonyl (C=O) groups is 2. The van der Waals surface area contributed by atoms with Crippen molar-refractivity contribution in [2.45, 2.75) is 6.92 Å². The van der Waals surface area contributed by atoms with Gasteiger partial charge in [0, 0.05) is 16.6 Å². The van der Waals surface area contributed by atoms with Crippen molar-refractivity contribution in [1.29, 1.82) is 0 Å². The van der Waals surface area contributed by atoms with E-state index in [1.54, 1.807) is 6.07 Å². The smallest absolute Gasteiger partial charge is 0.323 e. The van der Waals surface area contributed by atoms with Gasteiger partial charge < -0.3 is 10.0 Å². The van der Waals surface area contributed by atoms with Gasteiger partial charge in [-0.3, -0.25) is 9.59 Å². The SMILES string of the molecule is C=CCN(CC(=O)O)C(=O)c1cc(Br)ccc1C. The van der Waals surface area contributed by atoms with E-state index in [4.69, 9.17) is 5.11 Å². The summed E-state index contributed by atoms with van der Waals surface area (Å²) in [6.07, 6.45) is 1.51. The standard InChI is InChI=1S/C13H14BrNO3/c1-3-6-15(8-12(16)17)13(18)11-7-10(14)5-4-9(11)2/h3-5,7H,1,6,8H2,2H3,(H,16,17). The second-order valence-electron chi connectivity index (χ2n) is 3.83. The summed E-state index contributed by atoms with van der Waals surface area (Å²) in [6, 6.07) is 5.33. The van der Waals surface area contributed by atoms with E-state index in [0.717, 1.165) is 10.0 Å². The van der Waals surface area contributed by atoms with Crippen LogP contribution in [0.2, 0.25) is 0 Å². The second-order valence-corrected chi connectivity index (χ2v) is 4.74. The Morgan fingerprint density at radius 2 is 2.17 bits per heavy atom. The molecular weight excluding hydrogens is 298 g/mol. The molecule has 1 aromatic carbocycles. The Balaban J connectivity index is 3.04. The van der Waals surface area contributed by atoms with Gasteiger partial charge in [0.1, 0.15) is 6.54 Å². The third-order valence-corrected chi connectivity index (χ3v) is 2.89. The number of halogens is 1. The van der Waals surface area contributed by atoms with E-state index in [1.165, 1.54) is 11.0 Å². The van der Waals surface area contributed by atoms with Crippen LogP contribution in [0.25, 0.3) is 0 Å². The maximum Gasteiger partial charge on any atom is 0.323 e. The molecule has 0 atom stereocenters. The summed E-state index contributed by atoms with van der Waals surface area (Å²) in [5.41, 5.74) is 1.30. The van der Waals surface area contributed by atoms with Crippen molar-refractivity contribution in [3.05, 3.63) is 46.5 Å². The zero-order valence-corrected chi connectivity index (χ0v) is 11.6. The average molecular weight is 312 g/mol. The molecule has 96 valence electrons. The lowest BCUT2D eigenvalue weighted by molar-refractivity contribution is -0.137. The number of hydrogen-bond donors (Lipinski definition) is 1. The normalized spacial score (nSPS) is 9.89. The van der Waals surface area contributed by atoms with E-state index in [-0.39, 0.29) is 19.0 Å². The van der Waals surface area contributed by atoms with Gasteiger partial charge in [0.2, 0.25) is 0 Å². The fourth-order valence-electron chi connectivity index (χ4n) is 1.53. The maximum atomic E-state index is 12.2. The van der Waals surface area contributed by atoms with Crippen LogP contribution in [0, 0.1) is 6.92 Å². The highest BCUT2D eigenvalue weighted by molar-refractivity contribution is 9.10. The Morgan fingerprint density at radius 3 is 2.72 bits per heavy atom. The first-order valence-electron chi connectivity index (χ1n) is 5.33. The van der Waals surface area contributed by atoms with E-state index in [0.29, 0.717) is 5.56 Å². The fraction of sp³-hybridized carbons (Fsp3) is 0.231. The van der Waals surface area contributed by atoms with Gasteiger partial charge in [-0.25, -0.2) is 0 Å². The molecule has 0 heterocycles. The van der Waals surface area contributed by atoms with Crippen LogP contribution >= 0.6 is 15.9 Å².